The van der Waals surface area contributed by atoms with Crippen LogP contribution in [0.2, 0.25) is 5.02 Å². The van der Waals surface area contributed by atoms with Gasteiger partial charge >= 0.3 is 0 Å². The Morgan fingerprint density at radius 1 is 1.14 bits per heavy atom. The number of hydrogen-bond donors (Lipinski definition) is 0. The average Bonchev–Trinajstić information content (AvgIpc) is 2.95. The molecule has 0 unspecified atom stereocenters. The van der Waals surface area contributed by atoms with Crippen LogP contribution in [0.4, 0.5) is 10.5 Å². The van der Waals surface area contributed by atoms with Gasteiger partial charge in [0.2, 0.25) is 0 Å². The number of ether oxygens (including phenoxy) is 2. The molecular weight excluding hydrogens is 400 g/mol. The van der Waals surface area contributed by atoms with Crippen molar-refractivity contribution < 1.29 is 19.1 Å². The lowest BCUT2D eigenvalue weighted by atomic mass is 10.1. The summed E-state index contributed by atoms with van der Waals surface area (Å²) in [5.41, 5.74) is 1.14. The van der Waals surface area contributed by atoms with Crippen LogP contribution in [0.3, 0.4) is 0 Å². The second-order valence-corrected chi connectivity index (χ2v) is 7.01. The molecule has 6 nitrogen and oxygen atoms in total. The summed E-state index contributed by atoms with van der Waals surface area (Å²) in [6, 6.07) is 13.5. The zero-order chi connectivity index (χ0) is 20.1. The van der Waals surface area contributed by atoms with E-state index in [0.717, 1.165) is 16.7 Å². The summed E-state index contributed by atoms with van der Waals surface area (Å²) in [6.07, 6.45) is 1.62. The molecule has 1 aliphatic rings. The first-order chi connectivity index (χ1) is 13.5. The van der Waals surface area contributed by atoms with E-state index in [9.17, 15) is 9.59 Å². The van der Waals surface area contributed by atoms with E-state index in [-0.39, 0.29) is 11.8 Å². The van der Waals surface area contributed by atoms with Crippen LogP contribution in [-0.4, -0.2) is 24.4 Å². The lowest BCUT2D eigenvalue weighted by Gasteiger charge is -2.12. The molecule has 0 aliphatic carbocycles. The van der Waals surface area contributed by atoms with Gasteiger partial charge in [0.1, 0.15) is 6.07 Å². The number of nitrogens with zero attached hydrogens (tertiary/aromatic N) is 2. The Labute approximate surface area is 171 Å². The van der Waals surface area contributed by atoms with E-state index in [1.54, 1.807) is 48.5 Å². The van der Waals surface area contributed by atoms with Gasteiger partial charge in [-0.15, -0.1) is 0 Å². The average molecular weight is 415 g/mol. The Kier molecular flexibility index (Phi) is 6.24. The first-order valence-corrected chi connectivity index (χ1v) is 9.53. The van der Waals surface area contributed by atoms with Gasteiger partial charge in [-0.25, -0.2) is 4.90 Å². The molecule has 0 aromatic heterocycles. The van der Waals surface area contributed by atoms with Crippen molar-refractivity contribution in [3.8, 4) is 17.6 Å². The molecular formula is C20H15ClN2O4S. The lowest BCUT2D eigenvalue weighted by Crippen LogP contribution is -2.27. The molecule has 3 rings (SSSR count). The zero-order valence-electron chi connectivity index (χ0n) is 14.8. The Balaban J connectivity index is 1.88. The van der Waals surface area contributed by atoms with E-state index < -0.39 is 5.91 Å². The maximum Gasteiger partial charge on any atom is 0.298 e. The Morgan fingerprint density at radius 3 is 2.57 bits per heavy atom. The number of hydrogen-bond acceptors (Lipinski definition) is 6. The Bertz CT molecular complexity index is 983. The molecule has 1 saturated heterocycles. The number of halogens is 1. The third-order valence-corrected chi connectivity index (χ3v) is 4.86. The molecule has 0 atom stereocenters. The summed E-state index contributed by atoms with van der Waals surface area (Å²) < 4.78 is 10.9. The number of carbonyl (C=O) groups excluding carboxylic acids is 2. The molecule has 0 saturated carbocycles. The second-order valence-electron chi connectivity index (χ2n) is 5.58. The molecule has 0 radical (unpaired) electrons. The smallest absolute Gasteiger partial charge is 0.298 e. The molecule has 142 valence electrons. The molecule has 2 amide bonds. The fourth-order valence-electron chi connectivity index (χ4n) is 2.54. The van der Waals surface area contributed by atoms with Crippen LogP contribution in [0.15, 0.2) is 47.4 Å². The highest BCUT2D eigenvalue weighted by Gasteiger charge is 2.36. The maximum absolute atomic E-state index is 12.7. The van der Waals surface area contributed by atoms with Crippen molar-refractivity contribution in [1.82, 2.24) is 0 Å². The standard InChI is InChI=1S/C20H15ClN2O4S/c1-2-26-17-11-13(3-8-16(17)27-10-9-22)12-18-19(24)23(20(25)28-18)15-6-4-14(21)5-7-15/h3-8,11-12H,2,10H2,1H3. The highest BCUT2D eigenvalue weighted by Crippen LogP contribution is 2.37. The molecule has 1 fully saturated rings. The van der Waals surface area contributed by atoms with Crippen LogP contribution in [0.1, 0.15) is 12.5 Å². The zero-order valence-corrected chi connectivity index (χ0v) is 16.4. The molecule has 2 aromatic rings. The lowest BCUT2D eigenvalue weighted by molar-refractivity contribution is -0.113. The topological polar surface area (TPSA) is 79.6 Å². The first-order valence-electron chi connectivity index (χ1n) is 8.33. The maximum atomic E-state index is 12.7. The molecule has 1 aliphatic heterocycles. The first kappa shape index (κ1) is 19.8. The van der Waals surface area contributed by atoms with Crippen LogP contribution < -0.4 is 14.4 Å². The molecule has 8 heteroatoms. The van der Waals surface area contributed by atoms with Crippen molar-refractivity contribution in [2.24, 2.45) is 0 Å². The van der Waals surface area contributed by atoms with E-state index in [0.29, 0.717) is 39.3 Å². The van der Waals surface area contributed by atoms with Gasteiger partial charge in [-0.1, -0.05) is 17.7 Å². The van der Waals surface area contributed by atoms with Gasteiger partial charge in [-0.2, -0.15) is 5.26 Å². The van der Waals surface area contributed by atoms with Gasteiger partial charge in [0.15, 0.2) is 18.1 Å². The fourth-order valence-corrected chi connectivity index (χ4v) is 3.51. The molecule has 1 heterocycles. The van der Waals surface area contributed by atoms with E-state index in [1.165, 1.54) is 0 Å². The van der Waals surface area contributed by atoms with Gasteiger partial charge < -0.3 is 9.47 Å². The van der Waals surface area contributed by atoms with Crippen LogP contribution in [0, 0.1) is 11.3 Å². The van der Waals surface area contributed by atoms with Crippen LogP contribution in [0.5, 0.6) is 11.5 Å². The van der Waals surface area contributed by atoms with Crippen molar-refractivity contribution >= 4 is 46.3 Å². The molecule has 0 bridgehead atoms. The van der Waals surface area contributed by atoms with Crippen molar-refractivity contribution in [2.75, 3.05) is 18.1 Å². The third kappa shape index (κ3) is 4.30. The minimum atomic E-state index is -0.403. The van der Waals surface area contributed by atoms with Crippen molar-refractivity contribution in [3.05, 3.63) is 58.0 Å². The van der Waals surface area contributed by atoms with Crippen molar-refractivity contribution in [1.29, 1.82) is 5.26 Å². The third-order valence-electron chi connectivity index (χ3n) is 3.74. The van der Waals surface area contributed by atoms with Crippen LogP contribution in [-0.2, 0) is 4.79 Å². The Hall–Kier alpha value is -2.95. The van der Waals surface area contributed by atoms with Gasteiger partial charge in [-0.3, -0.25) is 9.59 Å². The van der Waals surface area contributed by atoms with Gasteiger partial charge in [0, 0.05) is 5.02 Å². The monoisotopic (exact) mass is 414 g/mol. The number of carbonyl (C=O) groups is 2. The van der Waals surface area contributed by atoms with E-state index in [2.05, 4.69) is 0 Å². The number of thioether (sulfide) groups is 1. The fraction of sp³-hybridized carbons (Fsp3) is 0.150. The highest BCUT2D eigenvalue weighted by molar-refractivity contribution is 8.19. The van der Waals surface area contributed by atoms with Gasteiger partial charge in [0.05, 0.1) is 17.2 Å². The van der Waals surface area contributed by atoms with E-state index in [4.69, 9.17) is 26.3 Å². The minimum Gasteiger partial charge on any atom is -0.490 e. The summed E-state index contributed by atoms with van der Waals surface area (Å²) in [5.74, 6) is 0.498. The summed E-state index contributed by atoms with van der Waals surface area (Å²) in [5, 5.41) is 8.82. The van der Waals surface area contributed by atoms with Crippen LogP contribution in [0.25, 0.3) is 6.08 Å². The Morgan fingerprint density at radius 2 is 1.89 bits per heavy atom. The van der Waals surface area contributed by atoms with E-state index in [1.807, 2.05) is 13.0 Å². The number of benzene rings is 2. The number of rotatable bonds is 6. The number of nitriles is 1. The number of anilines is 1. The second kappa shape index (κ2) is 8.83. The molecule has 2 aromatic carbocycles. The highest BCUT2D eigenvalue weighted by atomic mass is 35.5. The van der Waals surface area contributed by atoms with Gasteiger partial charge in [0.25, 0.3) is 11.1 Å². The molecule has 28 heavy (non-hydrogen) atoms. The van der Waals surface area contributed by atoms with Crippen molar-refractivity contribution in [2.45, 2.75) is 6.92 Å². The normalized spacial score (nSPS) is 15.0. The molecule has 0 spiro atoms. The minimum absolute atomic E-state index is 0.0978. The van der Waals surface area contributed by atoms with Crippen molar-refractivity contribution in [3.63, 3.8) is 0 Å². The van der Waals surface area contributed by atoms with Gasteiger partial charge in [-0.05, 0) is 66.7 Å². The summed E-state index contributed by atoms with van der Waals surface area (Å²) in [7, 11) is 0. The predicted octanol–water partition coefficient (Wildman–Crippen LogP) is 4.88. The summed E-state index contributed by atoms with van der Waals surface area (Å²) in [6.45, 7) is 2.15. The van der Waals surface area contributed by atoms with E-state index >= 15 is 0 Å². The molecule has 0 N–H and O–H groups in total. The number of imide groups is 1. The van der Waals surface area contributed by atoms with Crippen LogP contribution >= 0.6 is 23.4 Å². The number of amides is 2. The largest absolute Gasteiger partial charge is 0.490 e. The SMILES string of the molecule is CCOc1cc(C=C2SC(=O)N(c3ccc(Cl)cc3)C2=O)ccc1OCC#N. The summed E-state index contributed by atoms with van der Waals surface area (Å²) >= 11 is 6.73. The quantitative estimate of drug-likeness (QED) is 0.626. The predicted molar refractivity (Wildman–Crippen MR) is 109 cm³/mol. The summed E-state index contributed by atoms with van der Waals surface area (Å²) in [4.78, 5) is 26.5.